The molecule has 2 aromatic carbocycles. The highest BCUT2D eigenvalue weighted by Gasteiger charge is 2.28. The van der Waals surface area contributed by atoms with Crippen LogP contribution < -0.4 is 5.32 Å². The summed E-state index contributed by atoms with van der Waals surface area (Å²) in [6.07, 6.45) is 0. The highest BCUT2D eigenvalue weighted by atomic mass is 35.5. The van der Waals surface area contributed by atoms with Gasteiger partial charge in [-0.05, 0) is 30.3 Å². The van der Waals surface area contributed by atoms with Crippen LogP contribution in [0.2, 0.25) is 10.0 Å². The SMILES string of the molecule is O=C(Nc1c2c(nn1-c1ccccc1)C[S@@](=O)C2)c1ccc(Cl)cc1Cl. The number of amides is 1. The van der Waals surface area contributed by atoms with Crippen molar-refractivity contribution in [2.45, 2.75) is 11.5 Å². The fourth-order valence-corrected chi connectivity index (χ4v) is 4.62. The number of nitrogens with one attached hydrogen (secondary N) is 1. The van der Waals surface area contributed by atoms with Crippen LogP contribution in [0.4, 0.5) is 5.82 Å². The topological polar surface area (TPSA) is 64.0 Å². The predicted molar refractivity (Wildman–Crippen MR) is 104 cm³/mol. The molecule has 4 rings (SSSR count). The third-order valence-corrected chi connectivity index (χ3v) is 5.83. The molecule has 1 atom stereocenters. The molecule has 1 aliphatic heterocycles. The van der Waals surface area contributed by atoms with Gasteiger partial charge in [-0.15, -0.1) is 0 Å². The van der Waals surface area contributed by atoms with Crippen LogP contribution >= 0.6 is 23.2 Å². The van der Waals surface area contributed by atoms with Crippen LogP contribution in [0.15, 0.2) is 48.5 Å². The van der Waals surface area contributed by atoms with E-state index < -0.39 is 10.8 Å². The molecule has 0 saturated carbocycles. The van der Waals surface area contributed by atoms with Gasteiger partial charge in [0.2, 0.25) is 0 Å². The van der Waals surface area contributed by atoms with Crippen LogP contribution in [0.5, 0.6) is 0 Å². The van der Waals surface area contributed by atoms with Gasteiger partial charge in [-0.2, -0.15) is 5.10 Å². The predicted octanol–water partition coefficient (Wildman–Crippen LogP) is 4.19. The molecule has 3 aromatic rings. The number of carbonyl (C=O) groups excluding carboxylic acids is 1. The summed E-state index contributed by atoms with van der Waals surface area (Å²) in [5, 5.41) is 8.16. The molecule has 1 aromatic heterocycles. The van der Waals surface area contributed by atoms with Gasteiger partial charge in [0, 0.05) is 21.4 Å². The van der Waals surface area contributed by atoms with Crippen molar-refractivity contribution in [1.29, 1.82) is 0 Å². The Kier molecular flexibility index (Phi) is 4.56. The Morgan fingerprint density at radius 3 is 2.62 bits per heavy atom. The zero-order valence-electron chi connectivity index (χ0n) is 13.4. The molecule has 0 saturated heterocycles. The number of benzene rings is 2. The molecule has 0 unspecified atom stereocenters. The number of fused-ring (bicyclic) bond motifs is 1. The molecule has 0 fully saturated rings. The van der Waals surface area contributed by atoms with Crippen molar-refractivity contribution in [3.8, 4) is 5.69 Å². The maximum absolute atomic E-state index is 12.8. The van der Waals surface area contributed by atoms with Crippen molar-refractivity contribution < 1.29 is 9.00 Å². The van der Waals surface area contributed by atoms with E-state index in [1.807, 2.05) is 30.3 Å². The highest BCUT2D eigenvalue weighted by Crippen LogP contribution is 2.32. The first-order chi connectivity index (χ1) is 12.5. The monoisotopic (exact) mass is 405 g/mol. The van der Waals surface area contributed by atoms with Gasteiger partial charge in [0.15, 0.2) is 0 Å². The van der Waals surface area contributed by atoms with Crippen molar-refractivity contribution in [2.75, 3.05) is 5.32 Å². The molecule has 1 aliphatic rings. The van der Waals surface area contributed by atoms with Gasteiger partial charge >= 0.3 is 0 Å². The van der Waals surface area contributed by atoms with E-state index in [-0.39, 0.29) is 10.9 Å². The lowest BCUT2D eigenvalue weighted by Gasteiger charge is -2.12. The Bertz CT molecular complexity index is 1030. The Balaban J connectivity index is 1.76. The normalized spacial score (nSPS) is 15.7. The van der Waals surface area contributed by atoms with E-state index in [2.05, 4.69) is 10.4 Å². The maximum atomic E-state index is 12.8. The molecule has 5 nitrogen and oxygen atoms in total. The van der Waals surface area contributed by atoms with Crippen molar-refractivity contribution in [2.24, 2.45) is 0 Å². The quantitative estimate of drug-likeness (QED) is 0.710. The number of aromatic nitrogens is 2. The number of hydrogen-bond donors (Lipinski definition) is 1. The van der Waals surface area contributed by atoms with Gasteiger partial charge in [-0.3, -0.25) is 9.00 Å². The molecule has 1 N–H and O–H groups in total. The number of halogens is 2. The zero-order chi connectivity index (χ0) is 18.3. The van der Waals surface area contributed by atoms with E-state index in [4.69, 9.17) is 23.2 Å². The van der Waals surface area contributed by atoms with Gasteiger partial charge in [0.25, 0.3) is 5.91 Å². The third-order valence-electron chi connectivity index (χ3n) is 4.08. The molecule has 132 valence electrons. The largest absolute Gasteiger partial charge is 0.306 e. The minimum absolute atomic E-state index is 0.265. The van der Waals surface area contributed by atoms with Crippen LogP contribution in [0.1, 0.15) is 21.6 Å². The van der Waals surface area contributed by atoms with Gasteiger partial charge in [0.1, 0.15) is 5.82 Å². The summed E-state index contributed by atoms with van der Waals surface area (Å²) >= 11 is 12.0. The number of carbonyl (C=O) groups is 1. The Hall–Kier alpha value is -2.15. The minimum atomic E-state index is -1.00. The van der Waals surface area contributed by atoms with Gasteiger partial charge < -0.3 is 5.32 Å². The van der Waals surface area contributed by atoms with E-state index in [0.29, 0.717) is 27.9 Å². The average Bonchev–Trinajstić information content (AvgIpc) is 3.13. The number of rotatable bonds is 3. The lowest BCUT2D eigenvalue weighted by Crippen LogP contribution is -2.17. The number of nitrogens with zero attached hydrogens (tertiary/aromatic N) is 2. The summed E-state index contributed by atoms with van der Waals surface area (Å²) in [7, 11) is -1.00. The molecular formula is C18H13Cl2N3O2S. The summed E-state index contributed by atoms with van der Waals surface area (Å²) in [6.45, 7) is 0. The first-order valence-electron chi connectivity index (χ1n) is 7.80. The summed E-state index contributed by atoms with van der Waals surface area (Å²) < 4.78 is 13.6. The van der Waals surface area contributed by atoms with E-state index in [1.165, 1.54) is 6.07 Å². The first-order valence-corrected chi connectivity index (χ1v) is 10.0. The van der Waals surface area contributed by atoms with E-state index in [9.17, 15) is 9.00 Å². The molecule has 0 aliphatic carbocycles. The summed E-state index contributed by atoms with van der Waals surface area (Å²) in [5.74, 6) is 0.906. The van der Waals surface area contributed by atoms with Crippen LogP contribution in [-0.2, 0) is 22.3 Å². The molecule has 0 radical (unpaired) electrons. The minimum Gasteiger partial charge on any atom is -0.306 e. The second-order valence-corrected chi connectivity index (χ2v) is 8.13. The van der Waals surface area contributed by atoms with Crippen LogP contribution in [-0.4, -0.2) is 19.9 Å². The number of anilines is 1. The van der Waals surface area contributed by atoms with Crippen molar-refractivity contribution in [3.63, 3.8) is 0 Å². The Morgan fingerprint density at radius 2 is 1.88 bits per heavy atom. The maximum Gasteiger partial charge on any atom is 0.258 e. The summed E-state index contributed by atoms with van der Waals surface area (Å²) in [5.41, 5.74) is 2.66. The van der Waals surface area contributed by atoms with Crippen molar-refractivity contribution >= 4 is 45.7 Å². The van der Waals surface area contributed by atoms with Crippen molar-refractivity contribution in [3.05, 3.63) is 75.4 Å². The number of hydrogen-bond acceptors (Lipinski definition) is 3. The highest BCUT2D eigenvalue weighted by molar-refractivity contribution is 7.83. The smallest absolute Gasteiger partial charge is 0.258 e. The molecular weight excluding hydrogens is 393 g/mol. The summed E-state index contributed by atoms with van der Waals surface area (Å²) in [4.78, 5) is 12.8. The van der Waals surface area contributed by atoms with Gasteiger partial charge in [0.05, 0.1) is 33.5 Å². The lowest BCUT2D eigenvalue weighted by atomic mass is 10.2. The second kappa shape index (κ2) is 6.87. The second-order valence-electron chi connectivity index (χ2n) is 5.83. The average molecular weight is 406 g/mol. The molecule has 2 heterocycles. The fraction of sp³-hybridized carbons (Fsp3) is 0.111. The van der Waals surface area contributed by atoms with E-state index in [0.717, 1.165) is 16.9 Å². The van der Waals surface area contributed by atoms with Gasteiger partial charge in [-0.25, -0.2) is 4.68 Å². The van der Waals surface area contributed by atoms with Gasteiger partial charge in [-0.1, -0.05) is 41.4 Å². The standard InChI is InChI=1S/C18H13Cl2N3O2S/c19-11-6-7-13(15(20)8-11)18(24)21-17-14-9-26(25)10-16(14)22-23(17)12-4-2-1-3-5-12/h1-8H,9-10H2,(H,21,24)/t26-/m0/s1. The number of para-hydroxylation sites is 1. The van der Waals surface area contributed by atoms with E-state index in [1.54, 1.807) is 16.8 Å². The zero-order valence-corrected chi connectivity index (χ0v) is 15.7. The lowest BCUT2D eigenvalue weighted by molar-refractivity contribution is 0.102. The Morgan fingerprint density at radius 1 is 1.12 bits per heavy atom. The first kappa shape index (κ1) is 17.3. The van der Waals surface area contributed by atoms with Crippen molar-refractivity contribution in [1.82, 2.24) is 9.78 Å². The fourth-order valence-electron chi connectivity index (χ4n) is 2.86. The molecule has 0 bridgehead atoms. The molecule has 1 amide bonds. The molecule has 0 spiro atoms. The van der Waals surface area contributed by atoms with Crippen LogP contribution in [0, 0.1) is 0 Å². The van der Waals surface area contributed by atoms with Crippen LogP contribution in [0.3, 0.4) is 0 Å². The van der Waals surface area contributed by atoms with Crippen LogP contribution in [0.25, 0.3) is 5.69 Å². The molecule has 26 heavy (non-hydrogen) atoms. The van der Waals surface area contributed by atoms with E-state index >= 15 is 0 Å². The third kappa shape index (κ3) is 3.16. The Labute approximate surface area is 162 Å². The molecule has 8 heteroatoms. The summed E-state index contributed by atoms with van der Waals surface area (Å²) in [6, 6.07) is 14.2.